The van der Waals surface area contributed by atoms with Crippen LogP contribution in [0.1, 0.15) is 19.8 Å². The molecule has 0 heterocycles. The van der Waals surface area contributed by atoms with Crippen LogP contribution in [0.15, 0.2) is 24.3 Å². The Morgan fingerprint density at radius 3 is 2.82 bits per heavy atom. The molecular weight excluding hydrogens is 228 g/mol. The van der Waals surface area contributed by atoms with E-state index in [0.29, 0.717) is 6.61 Å². The number of hydrogen-bond acceptors (Lipinski definition) is 5. The normalized spacial score (nSPS) is 27.1. The molecular formula is C11H16O6. The lowest BCUT2D eigenvalue weighted by molar-refractivity contribution is -0.415. The summed E-state index contributed by atoms with van der Waals surface area (Å²) in [4.78, 5) is 20.3. The second-order valence-corrected chi connectivity index (χ2v) is 3.54. The van der Waals surface area contributed by atoms with Crippen molar-refractivity contribution in [2.24, 2.45) is 0 Å². The zero-order valence-corrected chi connectivity index (χ0v) is 9.54. The molecule has 2 N–H and O–H groups in total. The average Bonchev–Trinajstić information content (AvgIpc) is 2.28. The predicted octanol–water partition coefficient (Wildman–Crippen LogP) is 1.61. The molecule has 0 fully saturated rings. The zero-order valence-electron chi connectivity index (χ0n) is 9.54. The van der Waals surface area contributed by atoms with Gasteiger partial charge in [-0.1, -0.05) is 25.5 Å². The van der Waals surface area contributed by atoms with Gasteiger partial charge in [0.15, 0.2) is 0 Å². The van der Waals surface area contributed by atoms with Gasteiger partial charge in [0.1, 0.15) is 6.10 Å². The molecule has 6 heteroatoms. The Balaban J connectivity index is 2.62. The van der Waals surface area contributed by atoms with Crippen LogP contribution in [0, 0.1) is 0 Å². The maximum absolute atomic E-state index is 10.6. The summed E-state index contributed by atoms with van der Waals surface area (Å²) in [7, 11) is 0. The lowest BCUT2D eigenvalue weighted by atomic mass is 10.1. The molecule has 0 bridgehead atoms. The molecule has 0 spiro atoms. The number of unbranched alkanes of at least 4 members (excludes halogenated alkanes) is 1. The van der Waals surface area contributed by atoms with Crippen molar-refractivity contribution in [1.29, 1.82) is 0 Å². The maximum atomic E-state index is 10.6. The molecule has 0 aromatic rings. The highest BCUT2D eigenvalue weighted by molar-refractivity contribution is 5.58. The van der Waals surface area contributed by atoms with E-state index in [-0.39, 0.29) is 0 Å². The van der Waals surface area contributed by atoms with Crippen LogP contribution in [0.4, 0.5) is 4.79 Å². The van der Waals surface area contributed by atoms with Gasteiger partial charge in [0.25, 0.3) is 5.79 Å². The molecule has 0 aromatic carbocycles. The quantitative estimate of drug-likeness (QED) is 0.243. The van der Waals surface area contributed by atoms with E-state index in [1.54, 1.807) is 6.08 Å². The minimum Gasteiger partial charge on any atom is -0.450 e. The SMILES string of the molecule is CCCCOOC1(OC(=O)O)C=CC=CC1O. The number of carbonyl (C=O) groups is 1. The zero-order chi connectivity index (χ0) is 12.7. The monoisotopic (exact) mass is 244 g/mol. The second-order valence-electron chi connectivity index (χ2n) is 3.54. The molecule has 17 heavy (non-hydrogen) atoms. The summed E-state index contributed by atoms with van der Waals surface area (Å²) in [5.74, 6) is -1.83. The molecule has 0 amide bonds. The van der Waals surface area contributed by atoms with Gasteiger partial charge in [-0.05, 0) is 18.6 Å². The smallest absolute Gasteiger partial charge is 0.450 e. The van der Waals surface area contributed by atoms with Crippen LogP contribution in [-0.4, -0.2) is 34.9 Å². The highest BCUT2D eigenvalue weighted by atomic mass is 17.2. The van der Waals surface area contributed by atoms with Gasteiger partial charge in [0.2, 0.25) is 0 Å². The fraction of sp³-hybridized carbons (Fsp3) is 0.545. The number of aliphatic hydroxyl groups is 1. The summed E-state index contributed by atoms with van der Waals surface area (Å²) < 4.78 is 4.55. The van der Waals surface area contributed by atoms with Crippen LogP contribution in [0.2, 0.25) is 0 Å². The van der Waals surface area contributed by atoms with Gasteiger partial charge in [-0.15, -0.1) is 0 Å². The molecule has 1 aliphatic rings. The predicted molar refractivity (Wildman–Crippen MR) is 58.1 cm³/mol. The summed E-state index contributed by atoms with van der Waals surface area (Å²) in [6, 6.07) is 0. The first-order chi connectivity index (χ1) is 8.10. The van der Waals surface area contributed by atoms with Crippen LogP contribution in [0.25, 0.3) is 0 Å². The molecule has 0 saturated carbocycles. The van der Waals surface area contributed by atoms with Gasteiger partial charge in [-0.2, -0.15) is 4.89 Å². The molecule has 2 unspecified atom stereocenters. The van der Waals surface area contributed by atoms with Crippen LogP contribution in [-0.2, 0) is 14.5 Å². The lowest BCUT2D eigenvalue weighted by Gasteiger charge is -2.31. The van der Waals surface area contributed by atoms with Gasteiger partial charge in [-0.25, -0.2) is 9.68 Å². The van der Waals surface area contributed by atoms with Crippen molar-refractivity contribution in [3.63, 3.8) is 0 Å². The summed E-state index contributed by atoms with van der Waals surface area (Å²) in [6.07, 6.45) is 4.59. The van der Waals surface area contributed by atoms with E-state index in [0.717, 1.165) is 12.8 Å². The Kier molecular flexibility index (Phi) is 5.14. The Labute approximate surface area is 99.0 Å². The van der Waals surface area contributed by atoms with Gasteiger partial charge >= 0.3 is 6.16 Å². The fourth-order valence-corrected chi connectivity index (χ4v) is 1.25. The molecule has 6 nitrogen and oxygen atoms in total. The van der Waals surface area contributed by atoms with E-state index in [9.17, 15) is 9.90 Å². The Morgan fingerprint density at radius 2 is 2.24 bits per heavy atom. The van der Waals surface area contributed by atoms with Crippen molar-refractivity contribution >= 4 is 6.16 Å². The summed E-state index contributed by atoms with van der Waals surface area (Å²) in [5, 5.41) is 18.3. The van der Waals surface area contributed by atoms with E-state index in [1.807, 2.05) is 6.92 Å². The third-order valence-corrected chi connectivity index (χ3v) is 2.16. The van der Waals surface area contributed by atoms with Crippen LogP contribution in [0.3, 0.4) is 0 Å². The first kappa shape index (κ1) is 13.7. The molecule has 1 rings (SSSR count). The molecule has 1 aliphatic carbocycles. The van der Waals surface area contributed by atoms with Gasteiger partial charge < -0.3 is 14.9 Å². The summed E-state index contributed by atoms with van der Waals surface area (Å²) in [6.45, 7) is 2.27. The third kappa shape index (κ3) is 3.85. The summed E-state index contributed by atoms with van der Waals surface area (Å²) >= 11 is 0. The van der Waals surface area contributed by atoms with Crippen molar-refractivity contribution in [2.75, 3.05) is 6.61 Å². The number of hydrogen-bond donors (Lipinski definition) is 2. The number of rotatable bonds is 6. The number of allylic oxidation sites excluding steroid dienone is 2. The van der Waals surface area contributed by atoms with Crippen molar-refractivity contribution in [2.45, 2.75) is 31.7 Å². The van der Waals surface area contributed by atoms with E-state index < -0.39 is 18.0 Å². The first-order valence-electron chi connectivity index (χ1n) is 5.37. The Bertz CT molecular complexity index is 311. The largest absolute Gasteiger partial charge is 0.508 e. The van der Waals surface area contributed by atoms with Crippen molar-refractivity contribution in [3.8, 4) is 0 Å². The fourth-order valence-electron chi connectivity index (χ4n) is 1.25. The maximum Gasteiger partial charge on any atom is 0.508 e. The number of ether oxygens (including phenoxy) is 1. The number of aliphatic hydroxyl groups excluding tert-OH is 1. The Morgan fingerprint density at radius 1 is 1.47 bits per heavy atom. The summed E-state index contributed by atoms with van der Waals surface area (Å²) in [5.41, 5.74) is 0. The topological polar surface area (TPSA) is 85.2 Å². The van der Waals surface area contributed by atoms with E-state index in [4.69, 9.17) is 14.9 Å². The molecule has 0 aromatic heterocycles. The van der Waals surface area contributed by atoms with Crippen molar-refractivity contribution in [3.05, 3.63) is 24.3 Å². The number of carboxylic acid groups (broad SMARTS) is 1. The highest BCUT2D eigenvalue weighted by Crippen LogP contribution is 2.25. The third-order valence-electron chi connectivity index (χ3n) is 2.16. The Hall–Kier alpha value is -1.37. The molecule has 2 atom stereocenters. The first-order valence-corrected chi connectivity index (χ1v) is 5.37. The molecule has 0 aliphatic heterocycles. The van der Waals surface area contributed by atoms with E-state index in [2.05, 4.69) is 4.74 Å². The van der Waals surface area contributed by atoms with Crippen LogP contribution in [0.5, 0.6) is 0 Å². The molecule has 0 radical (unpaired) electrons. The minimum atomic E-state index is -1.83. The van der Waals surface area contributed by atoms with Crippen molar-refractivity contribution in [1.82, 2.24) is 0 Å². The highest BCUT2D eigenvalue weighted by Gasteiger charge is 2.42. The standard InChI is InChI=1S/C11H16O6/c1-2-3-8-15-17-11(16-10(13)14)7-5-4-6-9(11)12/h4-7,9,12H,2-3,8H2,1H3,(H,13,14). The second kappa shape index (κ2) is 6.39. The van der Waals surface area contributed by atoms with Crippen molar-refractivity contribution < 1.29 is 29.5 Å². The van der Waals surface area contributed by atoms with Gasteiger partial charge in [0, 0.05) is 0 Å². The van der Waals surface area contributed by atoms with E-state index in [1.165, 1.54) is 18.2 Å². The van der Waals surface area contributed by atoms with Crippen LogP contribution >= 0.6 is 0 Å². The van der Waals surface area contributed by atoms with E-state index >= 15 is 0 Å². The lowest BCUT2D eigenvalue weighted by Crippen LogP contribution is -2.47. The molecule has 96 valence electrons. The minimum absolute atomic E-state index is 0.297. The van der Waals surface area contributed by atoms with Crippen LogP contribution < -0.4 is 0 Å². The molecule has 0 saturated heterocycles. The van der Waals surface area contributed by atoms with Gasteiger partial charge in [-0.3, -0.25) is 0 Å². The average molecular weight is 244 g/mol. The van der Waals surface area contributed by atoms with Gasteiger partial charge in [0.05, 0.1) is 6.61 Å².